The summed E-state index contributed by atoms with van der Waals surface area (Å²) >= 11 is 0. The maximum atomic E-state index is 12.4. The Kier molecular flexibility index (Phi) is 5.86. The second-order valence-electron chi connectivity index (χ2n) is 6.16. The lowest BCUT2D eigenvalue weighted by Gasteiger charge is -2.29. The summed E-state index contributed by atoms with van der Waals surface area (Å²) in [4.78, 5) is 24.4. The highest BCUT2D eigenvalue weighted by Gasteiger charge is 2.33. The van der Waals surface area contributed by atoms with Gasteiger partial charge in [-0.25, -0.2) is 0 Å². The van der Waals surface area contributed by atoms with E-state index in [9.17, 15) is 9.59 Å². The monoisotopic (exact) mass is 354 g/mol. The standard InChI is InChI=1S/C20H22N2O4/c1-25-16-9-7-14(8-10-16)11-17-20(24)26-13-18(22-17)19(23)21-12-15-5-3-2-4-6-15/h2-10,17-18,22H,11-13H2,1H3,(H,21,23)/t17-,18-/m0/s1. The van der Waals surface area contributed by atoms with Crippen molar-refractivity contribution >= 4 is 11.9 Å². The lowest BCUT2D eigenvalue weighted by Crippen LogP contribution is -2.58. The summed E-state index contributed by atoms with van der Waals surface area (Å²) in [5.74, 6) is 0.236. The molecule has 1 aliphatic rings. The number of methoxy groups -OCH3 is 1. The van der Waals surface area contributed by atoms with Crippen LogP contribution < -0.4 is 15.4 Å². The number of ether oxygens (including phenoxy) is 2. The summed E-state index contributed by atoms with van der Waals surface area (Å²) in [6, 6.07) is 16.0. The molecule has 0 spiro atoms. The molecule has 2 aromatic rings. The van der Waals surface area contributed by atoms with Crippen molar-refractivity contribution in [3.63, 3.8) is 0 Å². The van der Waals surface area contributed by atoms with Crippen molar-refractivity contribution in [1.29, 1.82) is 0 Å². The first kappa shape index (κ1) is 17.9. The van der Waals surface area contributed by atoms with E-state index in [0.29, 0.717) is 13.0 Å². The first-order chi connectivity index (χ1) is 12.7. The van der Waals surface area contributed by atoms with E-state index in [1.165, 1.54) is 0 Å². The number of hydrogen-bond donors (Lipinski definition) is 2. The Bertz CT molecular complexity index is 746. The first-order valence-electron chi connectivity index (χ1n) is 8.53. The molecular formula is C20H22N2O4. The Hall–Kier alpha value is -2.86. The van der Waals surface area contributed by atoms with Crippen molar-refractivity contribution in [3.8, 4) is 5.75 Å². The minimum atomic E-state index is -0.556. The minimum absolute atomic E-state index is 0.0402. The van der Waals surface area contributed by atoms with Crippen LogP contribution in [-0.4, -0.2) is 37.7 Å². The van der Waals surface area contributed by atoms with Gasteiger partial charge in [0.1, 0.15) is 24.4 Å². The number of carbonyl (C=O) groups excluding carboxylic acids is 2. The number of rotatable bonds is 6. The SMILES string of the molecule is COc1ccc(C[C@@H]2N[C@H](C(=O)NCc3ccccc3)COC2=O)cc1. The van der Waals surface area contributed by atoms with Gasteiger partial charge in [-0.15, -0.1) is 0 Å². The van der Waals surface area contributed by atoms with Crippen LogP contribution in [0, 0.1) is 0 Å². The van der Waals surface area contributed by atoms with Gasteiger partial charge in [0.15, 0.2) is 0 Å². The number of amides is 1. The molecule has 2 atom stereocenters. The molecule has 0 aromatic heterocycles. The fourth-order valence-electron chi connectivity index (χ4n) is 2.82. The molecular weight excluding hydrogens is 332 g/mol. The molecule has 1 fully saturated rings. The Morgan fingerprint density at radius 3 is 2.58 bits per heavy atom. The highest BCUT2D eigenvalue weighted by Crippen LogP contribution is 2.14. The molecule has 1 amide bonds. The first-order valence-corrected chi connectivity index (χ1v) is 8.53. The minimum Gasteiger partial charge on any atom is -0.497 e. The van der Waals surface area contributed by atoms with Crippen molar-refractivity contribution in [1.82, 2.24) is 10.6 Å². The van der Waals surface area contributed by atoms with Gasteiger partial charge in [-0.1, -0.05) is 42.5 Å². The molecule has 0 aliphatic carbocycles. The smallest absolute Gasteiger partial charge is 0.323 e. The molecule has 1 aliphatic heterocycles. The highest BCUT2D eigenvalue weighted by molar-refractivity contribution is 5.85. The lowest BCUT2D eigenvalue weighted by molar-refractivity contribution is -0.153. The summed E-state index contributed by atoms with van der Waals surface area (Å²) in [6.07, 6.45) is 0.450. The predicted octanol–water partition coefficient (Wildman–Crippen LogP) is 1.44. The fourth-order valence-corrected chi connectivity index (χ4v) is 2.82. The zero-order valence-corrected chi connectivity index (χ0v) is 14.6. The third-order valence-corrected chi connectivity index (χ3v) is 4.30. The maximum absolute atomic E-state index is 12.4. The summed E-state index contributed by atoms with van der Waals surface area (Å²) in [5.41, 5.74) is 1.98. The number of cyclic esters (lactones) is 1. The van der Waals surface area contributed by atoms with Gasteiger partial charge >= 0.3 is 5.97 Å². The maximum Gasteiger partial charge on any atom is 0.323 e. The predicted molar refractivity (Wildman–Crippen MR) is 96.7 cm³/mol. The third kappa shape index (κ3) is 4.61. The number of hydrogen-bond acceptors (Lipinski definition) is 5. The van der Waals surface area contributed by atoms with Gasteiger partial charge in [0.25, 0.3) is 0 Å². The molecule has 0 radical (unpaired) electrons. The molecule has 1 saturated heterocycles. The van der Waals surface area contributed by atoms with Crippen LogP contribution in [0.3, 0.4) is 0 Å². The van der Waals surface area contributed by atoms with Gasteiger partial charge < -0.3 is 14.8 Å². The van der Waals surface area contributed by atoms with Crippen molar-refractivity contribution < 1.29 is 19.1 Å². The number of carbonyl (C=O) groups is 2. The highest BCUT2D eigenvalue weighted by atomic mass is 16.5. The van der Waals surface area contributed by atoms with Crippen LogP contribution in [0.2, 0.25) is 0 Å². The number of esters is 1. The van der Waals surface area contributed by atoms with Crippen LogP contribution in [0.15, 0.2) is 54.6 Å². The Morgan fingerprint density at radius 2 is 1.88 bits per heavy atom. The normalized spacial score (nSPS) is 19.5. The Balaban J connectivity index is 1.56. The van der Waals surface area contributed by atoms with Gasteiger partial charge in [-0.2, -0.15) is 0 Å². The average Bonchev–Trinajstić information content (AvgIpc) is 2.69. The number of benzene rings is 2. The number of morpholine rings is 1. The van der Waals surface area contributed by atoms with E-state index in [1.807, 2.05) is 54.6 Å². The molecule has 6 nitrogen and oxygen atoms in total. The average molecular weight is 354 g/mol. The largest absolute Gasteiger partial charge is 0.497 e. The molecule has 3 rings (SSSR count). The molecule has 0 bridgehead atoms. The van der Waals surface area contributed by atoms with E-state index in [2.05, 4.69) is 10.6 Å². The van der Waals surface area contributed by atoms with Gasteiger partial charge in [0.05, 0.1) is 7.11 Å². The Morgan fingerprint density at radius 1 is 1.15 bits per heavy atom. The summed E-state index contributed by atoms with van der Waals surface area (Å²) in [6.45, 7) is 0.480. The molecule has 26 heavy (non-hydrogen) atoms. The van der Waals surface area contributed by atoms with E-state index < -0.39 is 12.1 Å². The quantitative estimate of drug-likeness (QED) is 0.768. The molecule has 6 heteroatoms. The van der Waals surface area contributed by atoms with Crippen molar-refractivity contribution in [3.05, 3.63) is 65.7 Å². The molecule has 1 heterocycles. The van der Waals surface area contributed by atoms with Gasteiger partial charge in [0.2, 0.25) is 5.91 Å². The molecule has 2 aromatic carbocycles. The third-order valence-electron chi connectivity index (χ3n) is 4.30. The summed E-state index contributed by atoms with van der Waals surface area (Å²) in [7, 11) is 1.60. The second kappa shape index (κ2) is 8.49. The van der Waals surface area contributed by atoms with E-state index in [4.69, 9.17) is 9.47 Å². The van der Waals surface area contributed by atoms with Crippen molar-refractivity contribution in [2.45, 2.75) is 25.0 Å². The van der Waals surface area contributed by atoms with E-state index in [-0.39, 0.29) is 18.5 Å². The van der Waals surface area contributed by atoms with Crippen LogP contribution in [0.5, 0.6) is 5.75 Å². The van der Waals surface area contributed by atoms with E-state index >= 15 is 0 Å². The summed E-state index contributed by atoms with van der Waals surface area (Å²) < 4.78 is 10.3. The van der Waals surface area contributed by atoms with Crippen LogP contribution in [0.1, 0.15) is 11.1 Å². The van der Waals surface area contributed by atoms with Crippen LogP contribution in [0.4, 0.5) is 0 Å². The molecule has 136 valence electrons. The zero-order valence-electron chi connectivity index (χ0n) is 14.6. The van der Waals surface area contributed by atoms with E-state index in [1.54, 1.807) is 7.11 Å². The molecule has 0 unspecified atom stereocenters. The van der Waals surface area contributed by atoms with Crippen LogP contribution in [-0.2, 0) is 27.3 Å². The van der Waals surface area contributed by atoms with Crippen LogP contribution in [0.25, 0.3) is 0 Å². The van der Waals surface area contributed by atoms with Crippen molar-refractivity contribution in [2.24, 2.45) is 0 Å². The topological polar surface area (TPSA) is 76.7 Å². The van der Waals surface area contributed by atoms with Gasteiger partial charge in [-0.05, 0) is 29.7 Å². The second-order valence-corrected chi connectivity index (χ2v) is 6.16. The van der Waals surface area contributed by atoms with Gasteiger partial charge in [0, 0.05) is 6.54 Å². The Labute approximate surface area is 152 Å². The fraction of sp³-hybridized carbons (Fsp3) is 0.300. The number of nitrogens with one attached hydrogen (secondary N) is 2. The van der Waals surface area contributed by atoms with Crippen molar-refractivity contribution in [2.75, 3.05) is 13.7 Å². The van der Waals surface area contributed by atoms with E-state index in [0.717, 1.165) is 16.9 Å². The lowest BCUT2D eigenvalue weighted by atomic mass is 10.0. The van der Waals surface area contributed by atoms with Crippen LogP contribution >= 0.6 is 0 Å². The molecule has 0 saturated carbocycles. The zero-order chi connectivity index (χ0) is 18.4. The van der Waals surface area contributed by atoms with Gasteiger partial charge in [-0.3, -0.25) is 14.9 Å². The summed E-state index contributed by atoms with van der Waals surface area (Å²) in [5, 5.41) is 5.97. The molecule has 2 N–H and O–H groups in total.